The molecule has 2 aromatic rings. The van der Waals surface area contributed by atoms with Crippen molar-refractivity contribution in [2.45, 2.75) is 12.8 Å². The molecule has 0 aliphatic carbocycles. The topological polar surface area (TPSA) is 103 Å². The van der Waals surface area contributed by atoms with Crippen LogP contribution in [0.15, 0.2) is 42.5 Å². The van der Waals surface area contributed by atoms with Crippen molar-refractivity contribution in [3.05, 3.63) is 53.6 Å². The van der Waals surface area contributed by atoms with Crippen LogP contribution >= 0.6 is 12.2 Å². The number of nitrogens with two attached hydrogens (primary N) is 1. The number of nitrogens with zero attached hydrogens (tertiary/aromatic N) is 1. The van der Waals surface area contributed by atoms with E-state index in [1.165, 1.54) is 33.5 Å². The van der Waals surface area contributed by atoms with Crippen LogP contribution in [0.5, 0.6) is 17.2 Å². The molecule has 2 amide bonds. The Balaban J connectivity index is 2.15. The molecule has 2 rings (SSSR count). The Morgan fingerprint density at radius 3 is 2.13 bits per heavy atom. The zero-order chi connectivity index (χ0) is 22.8. The van der Waals surface area contributed by atoms with Gasteiger partial charge < -0.3 is 24.8 Å². The van der Waals surface area contributed by atoms with Gasteiger partial charge in [0.15, 0.2) is 16.6 Å². The molecule has 0 unspecified atom stereocenters. The van der Waals surface area contributed by atoms with Crippen molar-refractivity contribution in [1.29, 1.82) is 0 Å². The van der Waals surface area contributed by atoms with E-state index in [1.807, 2.05) is 30.3 Å². The standard InChI is InChI=1S/C22H27N3O5S/c1-28-17-13-16(14-18(29-2)20(17)30-3)21(27)24-22(31)25(12-10-19(23)26)11-9-15-7-5-4-6-8-15/h4-8,13-14H,9-12H2,1-3H3,(H2,23,26)(H,24,27,31). The lowest BCUT2D eigenvalue weighted by atomic mass is 10.1. The largest absolute Gasteiger partial charge is 0.493 e. The molecular weight excluding hydrogens is 418 g/mol. The Labute approximate surface area is 187 Å². The van der Waals surface area contributed by atoms with Crippen molar-refractivity contribution in [2.75, 3.05) is 34.4 Å². The van der Waals surface area contributed by atoms with Gasteiger partial charge in [0.25, 0.3) is 5.91 Å². The normalized spacial score (nSPS) is 10.2. The summed E-state index contributed by atoms with van der Waals surface area (Å²) >= 11 is 5.44. The number of ether oxygens (including phenoxy) is 3. The summed E-state index contributed by atoms with van der Waals surface area (Å²) < 4.78 is 15.9. The molecule has 0 aliphatic heterocycles. The maximum absolute atomic E-state index is 12.8. The lowest BCUT2D eigenvalue weighted by Crippen LogP contribution is -2.44. The molecule has 0 saturated carbocycles. The average Bonchev–Trinajstić information content (AvgIpc) is 2.78. The average molecular weight is 446 g/mol. The minimum Gasteiger partial charge on any atom is -0.493 e. The van der Waals surface area contributed by atoms with E-state index in [0.717, 1.165) is 5.56 Å². The Kier molecular flexibility index (Phi) is 9.08. The summed E-state index contributed by atoms with van der Waals surface area (Å²) in [5.74, 6) is 0.215. The summed E-state index contributed by atoms with van der Waals surface area (Å²) in [5, 5.41) is 2.92. The van der Waals surface area contributed by atoms with Gasteiger partial charge in [-0.15, -0.1) is 0 Å². The molecule has 9 heteroatoms. The number of nitrogens with one attached hydrogen (secondary N) is 1. The van der Waals surface area contributed by atoms with Crippen LogP contribution in [-0.4, -0.2) is 56.2 Å². The van der Waals surface area contributed by atoms with Crippen molar-refractivity contribution in [2.24, 2.45) is 5.73 Å². The van der Waals surface area contributed by atoms with Crippen molar-refractivity contribution < 1.29 is 23.8 Å². The van der Waals surface area contributed by atoms with E-state index in [4.69, 9.17) is 32.2 Å². The minimum absolute atomic E-state index is 0.120. The zero-order valence-electron chi connectivity index (χ0n) is 17.8. The third-order valence-corrected chi connectivity index (χ3v) is 4.94. The lowest BCUT2D eigenvalue weighted by Gasteiger charge is -2.25. The number of thiocarbonyl (C=S) groups is 1. The SMILES string of the molecule is COc1cc(C(=O)NC(=S)N(CCC(N)=O)CCc2ccccc2)cc(OC)c1OC. The summed E-state index contributed by atoms with van der Waals surface area (Å²) in [5.41, 5.74) is 6.70. The number of benzene rings is 2. The molecule has 0 aromatic heterocycles. The van der Waals surface area contributed by atoms with Crippen LogP contribution in [0.1, 0.15) is 22.3 Å². The first-order valence-corrected chi connectivity index (χ1v) is 10.0. The summed E-state index contributed by atoms with van der Waals surface area (Å²) in [6.07, 6.45) is 0.814. The first-order valence-electron chi connectivity index (χ1n) is 9.62. The van der Waals surface area contributed by atoms with Gasteiger partial charge in [-0.25, -0.2) is 0 Å². The smallest absolute Gasteiger partial charge is 0.257 e. The molecule has 2 aromatic carbocycles. The zero-order valence-corrected chi connectivity index (χ0v) is 18.7. The highest BCUT2D eigenvalue weighted by molar-refractivity contribution is 7.80. The summed E-state index contributed by atoms with van der Waals surface area (Å²) in [7, 11) is 4.43. The molecule has 0 heterocycles. The predicted molar refractivity (Wildman–Crippen MR) is 122 cm³/mol. The third-order valence-electron chi connectivity index (χ3n) is 4.58. The van der Waals surface area contributed by atoms with Crippen molar-refractivity contribution >= 4 is 29.1 Å². The molecule has 0 spiro atoms. The van der Waals surface area contributed by atoms with Gasteiger partial charge >= 0.3 is 0 Å². The van der Waals surface area contributed by atoms with Crippen LogP contribution < -0.4 is 25.3 Å². The summed E-state index contributed by atoms with van der Waals surface area (Å²) in [6, 6.07) is 12.9. The highest BCUT2D eigenvalue weighted by atomic mass is 32.1. The van der Waals surface area contributed by atoms with Gasteiger partial charge in [0.2, 0.25) is 11.7 Å². The second kappa shape index (κ2) is 11.8. The molecule has 0 aliphatic rings. The molecule has 8 nitrogen and oxygen atoms in total. The number of hydrogen-bond acceptors (Lipinski definition) is 6. The molecule has 0 bridgehead atoms. The van der Waals surface area contributed by atoms with Gasteiger partial charge in [-0.05, 0) is 36.3 Å². The fourth-order valence-corrected chi connectivity index (χ4v) is 3.20. The number of methoxy groups -OCH3 is 3. The van der Waals surface area contributed by atoms with E-state index in [-0.39, 0.29) is 17.1 Å². The molecule has 166 valence electrons. The minimum atomic E-state index is -0.441. The molecule has 0 atom stereocenters. The fraction of sp³-hybridized carbons (Fsp3) is 0.318. The van der Waals surface area contributed by atoms with Crippen LogP contribution in [0.2, 0.25) is 0 Å². The Hall–Kier alpha value is -3.33. The summed E-state index contributed by atoms with van der Waals surface area (Å²) in [4.78, 5) is 25.9. The van der Waals surface area contributed by atoms with Gasteiger partial charge in [0.1, 0.15) is 0 Å². The Bertz CT molecular complexity index is 896. The van der Waals surface area contributed by atoms with Crippen molar-refractivity contribution in [1.82, 2.24) is 10.2 Å². The third kappa shape index (κ3) is 6.85. The molecule has 0 fully saturated rings. The van der Waals surface area contributed by atoms with Gasteiger partial charge in [-0.2, -0.15) is 0 Å². The number of primary amides is 1. The van der Waals surface area contributed by atoms with Crippen molar-refractivity contribution in [3.63, 3.8) is 0 Å². The predicted octanol–water partition coefficient (Wildman–Crippen LogP) is 2.15. The maximum Gasteiger partial charge on any atom is 0.257 e. The summed E-state index contributed by atoms with van der Waals surface area (Å²) in [6.45, 7) is 0.822. The van der Waals surface area contributed by atoms with E-state index < -0.39 is 11.8 Å². The van der Waals surface area contributed by atoms with Crippen LogP contribution in [0.4, 0.5) is 0 Å². The Morgan fingerprint density at radius 1 is 1.00 bits per heavy atom. The van der Waals surface area contributed by atoms with Crippen molar-refractivity contribution in [3.8, 4) is 17.2 Å². The number of carbonyl (C=O) groups excluding carboxylic acids is 2. The first-order chi connectivity index (χ1) is 14.9. The van der Waals surface area contributed by atoms with Gasteiger partial charge in [0.05, 0.1) is 21.3 Å². The van der Waals surface area contributed by atoms with Crippen LogP contribution in [0.25, 0.3) is 0 Å². The molecule has 0 radical (unpaired) electrons. The molecular formula is C22H27N3O5S. The van der Waals surface area contributed by atoms with Crippen LogP contribution in [0.3, 0.4) is 0 Å². The second-order valence-electron chi connectivity index (χ2n) is 6.61. The highest BCUT2D eigenvalue weighted by Gasteiger charge is 2.19. The monoisotopic (exact) mass is 445 g/mol. The van der Waals surface area contributed by atoms with E-state index in [1.54, 1.807) is 4.90 Å². The van der Waals surface area contributed by atoms with E-state index >= 15 is 0 Å². The van der Waals surface area contributed by atoms with Crippen LogP contribution in [0, 0.1) is 0 Å². The first kappa shape index (κ1) is 23.9. The quantitative estimate of drug-likeness (QED) is 0.540. The van der Waals surface area contributed by atoms with Crippen LogP contribution in [-0.2, 0) is 11.2 Å². The molecule has 31 heavy (non-hydrogen) atoms. The lowest BCUT2D eigenvalue weighted by molar-refractivity contribution is -0.118. The van der Waals surface area contributed by atoms with Gasteiger partial charge in [-0.3, -0.25) is 14.9 Å². The number of hydrogen-bond donors (Lipinski definition) is 2. The number of amides is 2. The second-order valence-corrected chi connectivity index (χ2v) is 7.00. The molecule has 0 saturated heterocycles. The van der Waals surface area contributed by atoms with Gasteiger partial charge in [0, 0.05) is 25.1 Å². The number of carbonyl (C=O) groups is 2. The highest BCUT2D eigenvalue weighted by Crippen LogP contribution is 2.38. The fourth-order valence-electron chi connectivity index (χ4n) is 2.93. The Morgan fingerprint density at radius 2 is 1.61 bits per heavy atom. The van der Waals surface area contributed by atoms with E-state index in [0.29, 0.717) is 36.8 Å². The number of rotatable bonds is 10. The van der Waals surface area contributed by atoms with Gasteiger partial charge in [-0.1, -0.05) is 30.3 Å². The maximum atomic E-state index is 12.8. The van der Waals surface area contributed by atoms with E-state index in [2.05, 4.69) is 5.32 Å². The van der Waals surface area contributed by atoms with E-state index in [9.17, 15) is 9.59 Å². The molecule has 3 N–H and O–H groups in total.